The Bertz CT molecular complexity index is 474. The lowest BCUT2D eigenvalue weighted by Gasteiger charge is -2.20. The molecule has 1 amide bonds. The summed E-state index contributed by atoms with van der Waals surface area (Å²) >= 11 is 0. The van der Waals surface area contributed by atoms with Crippen LogP contribution in [0, 0.1) is 12.7 Å². The first-order valence-electron chi connectivity index (χ1n) is 5.51. The monoisotopic (exact) mass is 253 g/mol. The quantitative estimate of drug-likeness (QED) is 0.368. The van der Waals surface area contributed by atoms with Crippen LogP contribution in [0.15, 0.2) is 23.4 Å². The molecule has 5 nitrogen and oxygen atoms in total. The maximum absolute atomic E-state index is 13.4. The van der Waals surface area contributed by atoms with Crippen LogP contribution in [0.3, 0.4) is 0 Å². The molecule has 0 aromatic heterocycles. The van der Waals surface area contributed by atoms with E-state index in [9.17, 15) is 9.18 Å². The van der Waals surface area contributed by atoms with Gasteiger partial charge in [-0.05, 0) is 31.5 Å². The first kappa shape index (κ1) is 14.0. The van der Waals surface area contributed by atoms with Crippen molar-refractivity contribution in [3.63, 3.8) is 0 Å². The number of carbonyl (C=O) groups excluding carboxylic acids is 1. The van der Waals surface area contributed by atoms with Gasteiger partial charge in [-0.3, -0.25) is 4.79 Å². The molecule has 0 aliphatic heterocycles. The summed E-state index contributed by atoms with van der Waals surface area (Å²) < 4.78 is 13.4. The van der Waals surface area contributed by atoms with Crippen LogP contribution in [-0.2, 0) is 0 Å². The van der Waals surface area contributed by atoms with E-state index in [2.05, 4.69) is 5.16 Å². The van der Waals surface area contributed by atoms with Crippen molar-refractivity contribution in [2.24, 2.45) is 10.9 Å². The molecule has 0 saturated heterocycles. The average Bonchev–Trinajstić information content (AvgIpc) is 2.38. The predicted octanol–water partition coefficient (Wildman–Crippen LogP) is 1.34. The summed E-state index contributed by atoms with van der Waals surface area (Å²) in [4.78, 5) is 13.4. The van der Waals surface area contributed by atoms with Gasteiger partial charge in [0, 0.05) is 12.1 Å². The number of likely N-dealkylation sites (N-methyl/N-ethyl adjacent to an activating group) is 1. The molecule has 98 valence electrons. The lowest BCUT2D eigenvalue weighted by atomic mass is 10.1. The van der Waals surface area contributed by atoms with Crippen LogP contribution < -0.4 is 5.73 Å². The number of nitrogens with two attached hydrogens (primary N) is 1. The van der Waals surface area contributed by atoms with Gasteiger partial charge < -0.3 is 15.8 Å². The summed E-state index contributed by atoms with van der Waals surface area (Å²) in [5.41, 5.74) is 6.07. The van der Waals surface area contributed by atoms with Crippen LogP contribution in [0.4, 0.5) is 4.39 Å². The third-order valence-corrected chi connectivity index (χ3v) is 2.57. The largest absolute Gasteiger partial charge is 0.409 e. The molecule has 3 N–H and O–H groups in total. The Morgan fingerprint density at radius 1 is 1.56 bits per heavy atom. The molecular weight excluding hydrogens is 237 g/mol. The first-order valence-corrected chi connectivity index (χ1v) is 5.51. The Kier molecular flexibility index (Phi) is 4.65. The topological polar surface area (TPSA) is 78.9 Å². The number of nitrogens with zero attached hydrogens (tertiary/aromatic N) is 2. The van der Waals surface area contributed by atoms with Gasteiger partial charge in [-0.25, -0.2) is 4.39 Å². The van der Waals surface area contributed by atoms with E-state index in [0.29, 0.717) is 12.1 Å². The number of rotatable bonds is 4. The molecule has 1 rings (SSSR count). The third kappa shape index (κ3) is 3.19. The van der Waals surface area contributed by atoms with Gasteiger partial charge in [-0.1, -0.05) is 11.2 Å². The highest BCUT2D eigenvalue weighted by molar-refractivity contribution is 5.97. The van der Waals surface area contributed by atoms with Crippen LogP contribution in [0.1, 0.15) is 22.8 Å². The zero-order valence-electron chi connectivity index (χ0n) is 10.4. The van der Waals surface area contributed by atoms with Crippen molar-refractivity contribution >= 4 is 11.7 Å². The molecular formula is C12H16FN3O2. The van der Waals surface area contributed by atoms with Gasteiger partial charge in [-0.15, -0.1) is 0 Å². The second-order valence-corrected chi connectivity index (χ2v) is 3.87. The molecule has 0 atom stereocenters. The van der Waals surface area contributed by atoms with E-state index in [0.717, 1.165) is 0 Å². The van der Waals surface area contributed by atoms with Gasteiger partial charge in [0.1, 0.15) is 5.82 Å². The Balaban J connectivity index is 2.93. The molecule has 0 aliphatic rings. The summed E-state index contributed by atoms with van der Waals surface area (Å²) in [7, 11) is 0. The fourth-order valence-electron chi connectivity index (χ4n) is 1.46. The zero-order chi connectivity index (χ0) is 13.7. The van der Waals surface area contributed by atoms with Gasteiger partial charge in [-0.2, -0.15) is 0 Å². The second-order valence-electron chi connectivity index (χ2n) is 3.87. The third-order valence-electron chi connectivity index (χ3n) is 2.57. The second kappa shape index (κ2) is 6.00. The van der Waals surface area contributed by atoms with Crippen molar-refractivity contribution in [3.05, 3.63) is 35.1 Å². The van der Waals surface area contributed by atoms with E-state index in [1.54, 1.807) is 26.0 Å². The summed E-state index contributed by atoms with van der Waals surface area (Å²) in [6, 6.07) is 4.28. The number of hydrogen-bond donors (Lipinski definition) is 2. The molecule has 0 aliphatic carbocycles. The van der Waals surface area contributed by atoms with Gasteiger partial charge in [0.25, 0.3) is 5.91 Å². The van der Waals surface area contributed by atoms with Crippen LogP contribution in [0.25, 0.3) is 0 Å². The minimum absolute atomic E-state index is 0.00132. The molecule has 1 aromatic rings. The van der Waals surface area contributed by atoms with Crippen molar-refractivity contribution in [2.45, 2.75) is 13.8 Å². The van der Waals surface area contributed by atoms with Gasteiger partial charge >= 0.3 is 0 Å². The standard InChI is InChI=1S/C12H16FN3O2/c1-3-16(7-11(14)15-18)12(17)9-5-4-8(2)10(13)6-9/h4-6,18H,3,7H2,1-2H3,(H2,14,15). The molecule has 6 heteroatoms. The van der Waals surface area contributed by atoms with E-state index < -0.39 is 5.82 Å². The fraction of sp³-hybridized carbons (Fsp3) is 0.333. The van der Waals surface area contributed by atoms with Crippen molar-refractivity contribution in [3.8, 4) is 0 Å². The SMILES string of the molecule is CCN(CC(N)=NO)C(=O)c1ccc(C)c(F)c1. The van der Waals surface area contributed by atoms with Gasteiger partial charge in [0.2, 0.25) is 0 Å². The molecule has 1 aromatic carbocycles. The Labute approximate surface area is 105 Å². The average molecular weight is 253 g/mol. The Morgan fingerprint density at radius 3 is 2.72 bits per heavy atom. The van der Waals surface area contributed by atoms with Crippen LogP contribution in [0.2, 0.25) is 0 Å². The summed E-state index contributed by atoms with van der Waals surface area (Å²) in [5.74, 6) is -0.860. The number of benzene rings is 1. The van der Waals surface area contributed by atoms with E-state index in [-0.39, 0.29) is 23.9 Å². The van der Waals surface area contributed by atoms with E-state index >= 15 is 0 Å². The number of amidine groups is 1. The Hall–Kier alpha value is -2.11. The van der Waals surface area contributed by atoms with E-state index in [4.69, 9.17) is 10.9 Å². The smallest absolute Gasteiger partial charge is 0.254 e. The number of halogens is 1. The number of amides is 1. The summed E-state index contributed by atoms with van der Waals surface area (Å²) in [6.07, 6.45) is 0. The highest BCUT2D eigenvalue weighted by Crippen LogP contribution is 2.11. The highest BCUT2D eigenvalue weighted by Gasteiger charge is 2.16. The molecule has 0 heterocycles. The van der Waals surface area contributed by atoms with E-state index in [1.165, 1.54) is 11.0 Å². The number of hydrogen-bond acceptors (Lipinski definition) is 3. The van der Waals surface area contributed by atoms with Crippen LogP contribution >= 0.6 is 0 Å². The van der Waals surface area contributed by atoms with Crippen LogP contribution in [0.5, 0.6) is 0 Å². The Morgan fingerprint density at radius 2 is 2.22 bits per heavy atom. The molecule has 0 bridgehead atoms. The fourth-order valence-corrected chi connectivity index (χ4v) is 1.46. The molecule has 18 heavy (non-hydrogen) atoms. The normalized spacial score (nSPS) is 11.4. The molecule has 0 radical (unpaired) electrons. The van der Waals surface area contributed by atoms with Crippen molar-refractivity contribution < 1.29 is 14.4 Å². The first-order chi connectivity index (χ1) is 8.49. The number of oxime groups is 1. The zero-order valence-corrected chi connectivity index (χ0v) is 10.4. The highest BCUT2D eigenvalue weighted by atomic mass is 19.1. The predicted molar refractivity (Wildman–Crippen MR) is 66.1 cm³/mol. The lowest BCUT2D eigenvalue weighted by Crippen LogP contribution is -2.38. The van der Waals surface area contributed by atoms with Crippen molar-refractivity contribution in [1.82, 2.24) is 4.90 Å². The number of carbonyl (C=O) groups is 1. The molecule has 0 fully saturated rings. The molecule has 0 unspecified atom stereocenters. The lowest BCUT2D eigenvalue weighted by molar-refractivity contribution is 0.0785. The summed E-state index contributed by atoms with van der Waals surface area (Å²) in [5, 5.41) is 11.3. The summed E-state index contributed by atoms with van der Waals surface area (Å²) in [6.45, 7) is 3.76. The van der Waals surface area contributed by atoms with Gasteiger partial charge in [0.05, 0.1) is 6.54 Å². The maximum atomic E-state index is 13.4. The minimum atomic E-state index is -0.430. The molecule has 0 saturated carbocycles. The van der Waals surface area contributed by atoms with Crippen molar-refractivity contribution in [1.29, 1.82) is 0 Å². The number of aryl methyl sites for hydroxylation is 1. The minimum Gasteiger partial charge on any atom is -0.409 e. The van der Waals surface area contributed by atoms with Crippen molar-refractivity contribution in [2.75, 3.05) is 13.1 Å². The van der Waals surface area contributed by atoms with Gasteiger partial charge in [0.15, 0.2) is 5.84 Å². The van der Waals surface area contributed by atoms with Crippen LogP contribution in [-0.4, -0.2) is 34.9 Å². The van der Waals surface area contributed by atoms with E-state index in [1.807, 2.05) is 0 Å². The maximum Gasteiger partial charge on any atom is 0.254 e. The molecule has 0 spiro atoms.